The summed E-state index contributed by atoms with van der Waals surface area (Å²) in [7, 11) is 1.90. The Kier molecular flexibility index (Phi) is 3.61. The van der Waals surface area contributed by atoms with Crippen LogP contribution < -0.4 is 10.1 Å². The van der Waals surface area contributed by atoms with Crippen LogP contribution in [0.2, 0.25) is 0 Å². The molecular weight excluding hydrogens is 190 g/mol. The van der Waals surface area contributed by atoms with Gasteiger partial charge in [-0.15, -0.1) is 0 Å². The lowest BCUT2D eigenvalue weighted by Crippen LogP contribution is -2.28. The van der Waals surface area contributed by atoms with E-state index in [0.29, 0.717) is 0 Å². The van der Waals surface area contributed by atoms with Crippen molar-refractivity contribution in [1.82, 2.24) is 15.1 Å². The fourth-order valence-corrected chi connectivity index (χ4v) is 1.99. The van der Waals surface area contributed by atoms with Gasteiger partial charge >= 0.3 is 0 Å². The van der Waals surface area contributed by atoms with Crippen molar-refractivity contribution in [3.8, 4) is 5.75 Å². The highest BCUT2D eigenvalue weighted by Crippen LogP contribution is 2.16. The minimum Gasteiger partial charge on any atom is -0.490 e. The Hall–Kier alpha value is -1.03. The van der Waals surface area contributed by atoms with E-state index in [1.54, 1.807) is 10.9 Å². The van der Waals surface area contributed by atoms with Crippen molar-refractivity contribution >= 4 is 0 Å². The fourth-order valence-electron chi connectivity index (χ4n) is 1.99. The highest BCUT2D eigenvalue weighted by atomic mass is 16.5. The molecule has 4 heteroatoms. The number of hydrogen-bond acceptors (Lipinski definition) is 3. The minimum absolute atomic E-state index is 0.816. The van der Waals surface area contributed by atoms with Gasteiger partial charge in [0.05, 0.1) is 19.0 Å². The van der Waals surface area contributed by atoms with E-state index in [1.165, 1.54) is 12.8 Å². The number of aryl methyl sites for hydroxylation is 1. The van der Waals surface area contributed by atoms with Gasteiger partial charge in [-0.2, -0.15) is 5.10 Å². The fraction of sp³-hybridized carbons (Fsp3) is 0.727. The van der Waals surface area contributed by atoms with Gasteiger partial charge in [0.1, 0.15) is 0 Å². The summed E-state index contributed by atoms with van der Waals surface area (Å²) in [6.45, 7) is 3.14. The number of ether oxygens (including phenoxy) is 1. The van der Waals surface area contributed by atoms with E-state index in [4.69, 9.17) is 4.74 Å². The highest BCUT2D eigenvalue weighted by Gasteiger charge is 2.12. The molecular formula is C11H19N3O. The van der Waals surface area contributed by atoms with Crippen molar-refractivity contribution in [3.63, 3.8) is 0 Å². The van der Waals surface area contributed by atoms with E-state index in [9.17, 15) is 0 Å². The number of aromatic nitrogens is 2. The van der Waals surface area contributed by atoms with Crippen molar-refractivity contribution < 1.29 is 4.74 Å². The zero-order valence-corrected chi connectivity index (χ0v) is 9.28. The zero-order valence-electron chi connectivity index (χ0n) is 9.28. The van der Waals surface area contributed by atoms with Crippen molar-refractivity contribution in [1.29, 1.82) is 0 Å². The van der Waals surface area contributed by atoms with Crippen molar-refractivity contribution in [2.24, 2.45) is 13.0 Å². The highest BCUT2D eigenvalue weighted by molar-refractivity contribution is 5.11. The van der Waals surface area contributed by atoms with Crippen LogP contribution in [-0.4, -0.2) is 29.5 Å². The zero-order chi connectivity index (χ0) is 10.5. The Bertz CT molecular complexity index is 292. The lowest BCUT2D eigenvalue weighted by molar-refractivity contribution is 0.251. The Morgan fingerprint density at radius 3 is 3.00 bits per heavy atom. The summed E-state index contributed by atoms with van der Waals surface area (Å²) in [4.78, 5) is 0. The summed E-state index contributed by atoms with van der Waals surface area (Å²) in [6, 6.07) is 0. The molecule has 0 aromatic carbocycles. The maximum absolute atomic E-state index is 5.63. The first-order valence-electron chi connectivity index (χ1n) is 5.67. The molecule has 1 aliphatic heterocycles. The molecule has 0 amide bonds. The van der Waals surface area contributed by atoms with E-state index in [-0.39, 0.29) is 0 Å². The normalized spacial score (nSPS) is 17.9. The Morgan fingerprint density at radius 2 is 2.33 bits per heavy atom. The molecule has 1 aliphatic rings. The van der Waals surface area contributed by atoms with E-state index < -0.39 is 0 Å². The predicted molar refractivity (Wildman–Crippen MR) is 58.9 cm³/mol. The molecule has 1 N–H and O–H groups in total. The predicted octanol–water partition coefficient (Wildman–Crippen LogP) is 1.19. The third-order valence-corrected chi connectivity index (χ3v) is 2.93. The quantitative estimate of drug-likeness (QED) is 0.809. The first-order chi connectivity index (χ1) is 7.34. The summed E-state index contributed by atoms with van der Waals surface area (Å²) in [5, 5.41) is 7.44. The number of nitrogens with zero attached hydrogens (tertiary/aromatic N) is 2. The van der Waals surface area contributed by atoms with E-state index >= 15 is 0 Å². The maximum atomic E-state index is 5.63. The molecule has 1 aromatic heterocycles. The third-order valence-electron chi connectivity index (χ3n) is 2.93. The van der Waals surface area contributed by atoms with Crippen LogP contribution >= 0.6 is 0 Å². The van der Waals surface area contributed by atoms with Gasteiger partial charge in [-0.3, -0.25) is 4.68 Å². The molecule has 1 aromatic rings. The molecule has 2 heterocycles. The number of rotatable bonds is 4. The molecule has 2 rings (SSSR count). The smallest absolute Gasteiger partial charge is 0.157 e. The van der Waals surface area contributed by atoms with Crippen LogP contribution in [0.1, 0.15) is 19.3 Å². The molecule has 0 unspecified atom stereocenters. The summed E-state index contributed by atoms with van der Waals surface area (Å²) in [5.74, 6) is 1.72. The average Bonchev–Trinajstić information content (AvgIpc) is 2.66. The van der Waals surface area contributed by atoms with Crippen LogP contribution in [0.3, 0.4) is 0 Å². The molecule has 0 radical (unpaired) electrons. The Balaban J connectivity index is 1.65. The molecule has 0 spiro atoms. The van der Waals surface area contributed by atoms with Crippen molar-refractivity contribution in [3.05, 3.63) is 12.4 Å². The van der Waals surface area contributed by atoms with Gasteiger partial charge in [-0.05, 0) is 38.3 Å². The first kappa shape index (κ1) is 10.5. The monoisotopic (exact) mass is 209 g/mol. The topological polar surface area (TPSA) is 39.1 Å². The van der Waals surface area contributed by atoms with Crippen LogP contribution in [0.25, 0.3) is 0 Å². The van der Waals surface area contributed by atoms with Gasteiger partial charge in [0.15, 0.2) is 5.75 Å². The summed E-state index contributed by atoms with van der Waals surface area (Å²) in [5.41, 5.74) is 0. The second kappa shape index (κ2) is 5.16. The first-order valence-corrected chi connectivity index (χ1v) is 5.67. The van der Waals surface area contributed by atoms with Gasteiger partial charge in [-0.25, -0.2) is 0 Å². The van der Waals surface area contributed by atoms with Crippen LogP contribution in [0.4, 0.5) is 0 Å². The third kappa shape index (κ3) is 3.23. The maximum Gasteiger partial charge on any atom is 0.157 e. The van der Waals surface area contributed by atoms with Gasteiger partial charge in [0.2, 0.25) is 0 Å². The standard InChI is InChI=1S/C11H19N3O/c1-14-9-11(8-13-14)15-7-4-10-2-5-12-6-3-10/h8-10,12H,2-7H2,1H3. The van der Waals surface area contributed by atoms with E-state index in [0.717, 1.165) is 37.8 Å². The Morgan fingerprint density at radius 1 is 1.53 bits per heavy atom. The second-order valence-corrected chi connectivity index (χ2v) is 4.18. The minimum atomic E-state index is 0.816. The molecule has 15 heavy (non-hydrogen) atoms. The Labute approximate surface area is 90.6 Å². The van der Waals surface area contributed by atoms with Gasteiger partial charge in [0, 0.05) is 7.05 Å². The summed E-state index contributed by atoms with van der Waals surface area (Å²) >= 11 is 0. The van der Waals surface area contributed by atoms with E-state index in [2.05, 4.69) is 10.4 Å². The molecule has 1 fully saturated rings. The largest absolute Gasteiger partial charge is 0.490 e. The molecule has 0 aliphatic carbocycles. The van der Waals surface area contributed by atoms with Crippen LogP contribution in [0.15, 0.2) is 12.4 Å². The van der Waals surface area contributed by atoms with Crippen LogP contribution in [0.5, 0.6) is 5.75 Å². The summed E-state index contributed by atoms with van der Waals surface area (Å²) < 4.78 is 7.39. The van der Waals surface area contributed by atoms with Crippen LogP contribution in [-0.2, 0) is 7.05 Å². The molecule has 0 atom stereocenters. The average molecular weight is 209 g/mol. The van der Waals surface area contributed by atoms with Gasteiger partial charge in [-0.1, -0.05) is 0 Å². The van der Waals surface area contributed by atoms with Crippen molar-refractivity contribution in [2.75, 3.05) is 19.7 Å². The lowest BCUT2D eigenvalue weighted by Gasteiger charge is -2.22. The molecule has 1 saturated heterocycles. The lowest BCUT2D eigenvalue weighted by atomic mass is 9.95. The number of nitrogens with one attached hydrogen (secondary N) is 1. The molecule has 0 bridgehead atoms. The second-order valence-electron chi connectivity index (χ2n) is 4.18. The van der Waals surface area contributed by atoms with Crippen LogP contribution in [0, 0.1) is 5.92 Å². The van der Waals surface area contributed by atoms with Gasteiger partial charge < -0.3 is 10.1 Å². The molecule has 84 valence electrons. The summed E-state index contributed by atoms with van der Waals surface area (Å²) in [6.07, 6.45) is 7.41. The molecule has 0 saturated carbocycles. The van der Waals surface area contributed by atoms with Crippen molar-refractivity contribution in [2.45, 2.75) is 19.3 Å². The molecule has 4 nitrogen and oxygen atoms in total. The SMILES string of the molecule is Cn1cc(OCCC2CCNCC2)cn1. The number of hydrogen-bond donors (Lipinski definition) is 1. The van der Waals surface area contributed by atoms with Gasteiger partial charge in [0.25, 0.3) is 0 Å². The van der Waals surface area contributed by atoms with E-state index in [1.807, 2.05) is 13.2 Å². The number of piperidine rings is 1.